The van der Waals surface area contributed by atoms with Crippen LogP contribution < -0.4 is 4.74 Å². The average molecular weight is 309 g/mol. The molecule has 0 amide bonds. The Morgan fingerprint density at radius 2 is 1.52 bits per heavy atom. The summed E-state index contributed by atoms with van der Waals surface area (Å²) >= 11 is 0. The maximum Gasteiger partial charge on any atom is 0.119 e. The first-order chi connectivity index (χ1) is 11.4. The lowest BCUT2D eigenvalue weighted by Gasteiger charge is -2.26. The Kier molecular flexibility index (Phi) is 5.84. The van der Waals surface area contributed by atoms with E-state index in [2.05, 4.69) is 41.3 Å². The highest BCUT2D eigenvalue weighted by atomic mass is 16.5. The van der Waals surface area contributed by atoms with Gasteiger partial charge < -0.3 is 9.47 Å². The smallest absolute Gasteiger partial charge is 0.119 e. The molecule has 2 aromatic carbocycles. The molecule has 0 bridgehead atoms. The molecule has 23 heavy (non-hydrogen) atoms. The fourth-order valence-electron chi connectivity index (χ4n) is 2.55. The van der Waals surface area contributed by atoms with Crippen LogP contribution in [0.3, 0.4) is 0 Å². The Morgan fingerprint density at radius 3 is 2.22 bits per heavy atom. The first-order valence-corrected chi connectivity index (χ1v) is 8.16. The quantitative estimate of drug-likeness (QED) is 0.762. The minimum absolute atomic E-state index is 0.721. The number of benzene rings is 2. The third-order valence-electron chi connectivity index (χ3n) is 3.93. The van der Waals surface area contributed by atoms with E-state index in [0.29, 0.717) is 0 Å². The van der Waals surface area contributed by atoms with Crippen molar-refractivity contribution in [2.75, 3.05) is 39.5 Å². The third kappa shape index (κ3) is 5.23. The molecule has 0 N–H and O–H groups in total. The maximum absolute atomic E-state index is 5.82. The molecular formula is C20H23NO2. The second kappa shape index (κ2) is 8.51. The highest BCUT2D eigenvalue weighted by molar-refractivity contribution is 5.69. The first kappa shape index (κ1) is 15.8. The molecule has 0 spiro atoms. The van der Waals surface area contributed by atoms with Gasteiger partial charge >= 0.3 is 0 Å². The predicted octanol–water partition coefficient (Wildman–Crippen LogP) is 3.57. The molecule has 3 rings (SSSR count). The summed E-state index contributed by atoms with van der Waals surface area (Å²) in [6.07, 6.45) is 4.24. The van der Waals surface area contributed by atoms with Crippen LogP contribution in [0.25, 0.3) is 12.2 Å². The summed E-state index contributed by atoms with van der Waals surface area (Å²) in [6.45, 7) is 5.36. The molecule has 120 valence electrons. The standard InChI is InChI=1S/C20H23NO2/c1-2-4-18(5-3-1)6-7-19-8-10-20(11-9-19)23-17-14-21-12-15-22-16-13-21/h1-11H,12-17H2/b7-6+. The molecule has 0 aromatic heterocycles. The van der Waals surface area contributed by atoms with Crippen LogP contribution in [-0.4, -0.2) is 44.4 Å². The molecule has 0 aliphatic carbocycles. The zero-order valence-electron chi connectivity index (χ0n) is 13.4. The molecule has 3 heteroatoms. The SMILES string of the molecule is C(=C\c1ccc(OCCN2CCOCC2)cc1)/c1ccccc1. The Balaban J connectivity index is 1.46. The van der Waals surface area contributed by atoms with E-state index in [1.54, 1.807) is 0 Å². The summed E-state index contributed by atoms with van der Waals surface area (Å²) in [7, 11) is 0. The van der Waals surface area contributed by atoms with Gasteiger partial charge in [-0.2, -0.15) is 0 Å². The van der Waals surface area contributed by atoms with Gasteiger partial charge in [-0.25, -0.2) is 0 Å². The van der Waals surface area contributed by atoms with Gasteiger partial charge in [0.1, 0.15) is 12.4 Å². The van der Waals surface area contributed by atoms with E-state index in [4.69, 9.17) is 9.47 Å². The van der Waals surface area contributed by atoms with E-state index in [0.717, 1.165) is 45.2 Å². The molecule has 0 unspecified atom stereocenters. The molecular weight excluding hydrogens is 286 g/mol. The van der Waals surface area contributed by atoms with Gasteiger partial charge in [0.05, 0.1) is 13.2 Å². The third-order valence-corrected chi connectivity index (χ3v) is 3.93. The largest absolute Gasteiger partial charge is 0.492 e. The van der Waals surface area contributed by atoms with E-state index in [9.17, 15) is 0 Å². The van der Waals surface area contributed by atoms with Crippen molar-refractivity contribution in [3.8, 4) is 5.75 Å². The molecule has 1 saturated heterocycles. The monoisotopic (exact) mass is 309 g/mol. The number of hydrogen-bond donors (Lipinski definition) is 0. The molecule has 0 atom stereocenters. The summed E-state index contributed by atoms with van der Waals surface area (Å²) in [4.78, 5) is 2.38. The van der Waals surface area contributed by atoms with E-state index < -0.39 is 0 Å². The molecule has 1 fully saturated rings. The Morgan fingerprint density at radius 1 is 0.870 bits per heavy atom. The van der Waals surface area contributed by atoms with E-state index >= 15 is 0 Å². The topological polar surface area (TPSA) is 21.7 Å². The van der Waals surface area contributed by atoms with Gasteiger partial charge in [0, 0.05) is 19.6 Å². The van der Waals surface area contributed by atoms with Crippen molar-refractivity contribution < 1.29 is 9.47 Å². The van der Waals surface area contributed by atoms with E-state index in [1.165, 1.54) is 11.1 Å². The lowest BCUT2D eigenvalue weighted by Crippen LogP contribution is -2.38. The van der Waals surface area contributed by atoms with Crippen molar-refractivity contribution in [2.45, 2.75) is 0 Å². The van der Waals surface area contributed by atoms with Gasteiger partial charge in [0.25, 0.3) is 0 Å². The molecule has 3 nitrogen and oxygen atoms in total. The highest BCUT2D eigenvalue weighted by Crippen LogP contribution is 2.14. The van der Waals surface area contributed by atoms with Crippen molar-refractivity contribution in [3.05, 3.63) is 65.7 Å². The number of nitrogens with zero attached hydrogens (tertiary/aromatic N) is 1. The van der Waals surface area contributed by atoms with Crippen LogP contribution in [0.15, 0.2) is 54.6 Å². The highest BCUT2D eigenvalue weighted by Gasteiger charge is 2.09. The van der Waals surface area contributed by atoms with E-state index in [1.807, 2.05) is 30.3 Å². The van der Waals surface area contributed by atoms with Gasteiger partial charge in [-0.3, -0.25) is 4.90 Å². The lowest BCUT2D eigenvalue weighted by atomic mass is 10.1. The van der Waals surface area contributed by atoms with Crippen molar-refractivity contribution in [1.29, 1.82) is 0 Å². The van der Waals surface area contributed by atoms with Crippen molar-refractivity contribution in [1.82, 2.24) is 4.90 Å². The van der Waals surface area contributed by atoms with Gasteiger partial charge in [-0.15, -0.1) is 0 Å². The Bertz CT molecular complexity index is 601. The van der Waals surface area contributed by atoms with Crippen LogP contribution >= 0.6 is 0 Å². The normalized spacial score (nSPS) is 15.8. The van der Waals surface area contributed by atoms with Crippen molar-refractivity contribution in [3.63, 3.8) is 0 Å². The molecule has 2 aromatic rings. The van der Waals surface area contributed by atoms with Crippen LogP contribution in [0.5, 0.6) is 5.75 Å². The fourth-order valence-corrected chi connectivity index (χ4v) is 2.55. The van der Waals surface area contributed by atoms with Crippen molar-refractivity contribution in [2.24, 2.45) is 0 Å². The molecule has 0 saturated carbocycles. The van der Waals surface area contributed by atoms with Crippen LogP contribution in [-0.2, 0) is 4.74 Å². The molecule has 1 heterocycles. The van der Waals surface area contributed by atoms with Crippen LogP contribution in [0.1, 0.15) is 11.1 Å². The molecule has 1 aliphatic heterocycles. The van der Waals surface area contributed by atoms with Crippen molar-refractivity contribution >= 4 is 12.2 Å². The number of hydrogen-bond acceptors (Lipinski definition) is 3. The predicted molar refractivity (Wildman–Crippen MR) is 94.6 cm³/mol. The van der Waals surface area contributed by atoms with Gasteiger partial charge in [-0.05, 0) is 23.3 Å². The minimum atomic E-state index is 0.721. The number of ether oxygens (including phenoxy) is 2. The molecule has 0 radical (unpaired) electrons. The Labute approximate surface area is 138 Å². The summed E-state index contributed by atoms with van der Waals surface area (Å²) in [5.74, 6) is 0.926. The van der Waals surface area contributed by atoms with Gasteiger partial charge in [-0.1, -0.05) is 54.6 Å². The van der Waals surface area contributed by atoms with Gasteiger partial charge in [0.2, 0.25) is 0 Å². The lowest BCUT2D eigenvalue weighted by molar-refractivity contribution is 0.0322. The summed E-state index contributed by atoms with van der Waals surface area (Å²) < 4.78 is 11.2. The van der Waals surface area contributed by atoms with Gasteiger partial charge in [0.15, 0.2) is 0 Å². The summed E-state index contributed by atoms with van der Waals surface area (Å²) in [6, 6.07) is 18.6. The Hall–Kier alpha value is -2.10. The first-order valence-electron chi connectivity index (χ1n) is 8.16. The average Bonchev–Trinajstić information content (AvgIpc) is 2.63. The zero-order chi connectivity index (χ0) is 15.7. The minimum Gasteiger partial charge on any atom is -0.492 e. The van der Waals surface area contributed by atoms with Crippen LogP contribution in [0.2, 0.25) is 0 Å². The second-order valence-electron chi connectivity index (χ2n) is 5.62. The second-order valence-corrected chi connectivity index (χ2v) is 5.62. The van der Waals surface area contributed by atoms with Crippen LogP contribution in [0, 0.1) is 0 Å². The maximum atomic E-state index is 5.82. The number of morpholine rings is 1. The summed E-state index contributed by atoms with van der Waals surface area (Å²) in [5.41, 5.74) is 2.38. The zero-order valence-corrected chi connectivity index (χ0v) is 13.4. The van der Waals surface area contributed by atoms with Crippen LogP contribution in [0.4, 0.5) is 0 Å². The number of rotatable bonds is 6. The van der Waals surface area contributed by atoms with E-state index in [-0.39, 0.29) is 0 Å². The molecule has 1 aliphatic rings. The fraction of sp³-hybridized carbons (Fsp3) is 0.300. The summed E-state index contributed by atoms with van der Waals surface area (Å²) in [5, 5.41) is 0.